The van der Waals surface area contributed by atoms with E-state index in [0.29, 0.717) is 36.3 Å². The maximum Gasteiger partial charge on any atom is 0.345 e. The average molecular weight is 293 g/mol. The van der Waals surface area contributed by atoms with E-state index in [4.69, 9.17) is 5.11 Å². The lowest BCUT2D eigenvalue weighted by atomic mass is 9.97. The van der Waals surface area contributed by atoms with Crippen LogP contribution in [0.15, 0.2) is 4.79 Å². The number of piperidine rings is 1. The monoisotopic (exact) mass is 293 g/mol. The molecule has 0 aromatic carbocycles. The van der Waals surface area contributed by atoms with E-state index in [2.05, 4.69) is 9.97 Å². The Balaban J connectivity index is 2.11. The molecule has 1 atom stereocenters. The number of carboxylic acids is 1. The van der Waals surface area contributed by atoms with E-state index in [0.717, 1.165) is 0 Å². The van der Waals surface area contributed by atoms with E-state index in [9.17, 15) is 14.4 Å². The number of hydrogen-bond acceptors (Lipinski definition) is 4. The molecule has 1 saturated heterocycles. The largest absolute Gasteiger partial charge is 0.481 e. The molecular weight excluding hydrogens is 274 g/mol. The highest BCUT2D eigenvalue weighted by molar-refractivity contribution is 5.80. The van der Waals surface area contributed by atoms with Crippen molar-refractivity contribution in [3.63, 3.8) is 0 Å². The van der Waals surface area contributed by atoms with Crippen LogP contribution in [0.25, 0.3) is 0 Å². The number of aryl methyl sites for hydroxylation is 2. The zero-order chi connectivity index (χ0) is 15.6. The van der Waals surface area contributed by atoms with Gasteiger partial charge in [0, 0.05) is 30.0 Å². The van der Waals surface area contributed by atoms with Crippen LogP contribution >= 0.6 is 0 Å². The van der Waals surface area contributed by atoms with Crippen LogP contribution in [0.1, 0.15) is 29.8 Å². The van der Waals surface area contributed by atoms with Gasteiger partial charge < -0.3 is 15.0 Å². The van der Waals surface area contributed by atoms with Crippen molar-refractivity contribution in [3.8, 4) is 0 Å². The molecule has 2 heterocycles. The summed E-state index contributed by atoms with van der Waals surface area (Å²) in [7, 11) is 0. The van der Waals surface area contributed by atoms with Crippen LogP contribution in [-0.2, 0) is 16.0 Å². The second kappa shape index (κ2) is 6.07. The zero-order valence-electron chi connectivity index (χ0n) is 12.2. The van der Waals surface area contributed by atoms with Gasteiger partial charge in [-0.2, -0.15) is 4.98 Å². The Morgan fingerprint density at radius 2 is 2.14 bits per heavy atom. The lowest BCUT2D eigenvalue weighted by molar-refractivity contribution is -0.145. The van der Waals surface area contributed by atoms with Crippen LogP contribution in [-0.4, -0.2) is 44.9 Å². The molecule has 0 aliphatic carbocycles. The lowest BCUT2D eigenvalue weighted by Gasteiger charge is -2.31. The first kappa shape index (κ1) is 15.2. The molecule has 1 unspecified atom stereocenters. The van der Waals surface area contributed by atoms with E-state index in [1.165, 1.54) is 0 Å². The van der Waals surface area contributed by atoms with Gasteiger partial charge in [-0.3, -0.25) is 9.59 Å². The summed E-state index contributed by atoms with van der Waals surface area (Å²) >= 11 is 0. The third-order valence-electron chi connectivity index (χ3n) is 3.90. The van der Waals surface area contributed by atoms with Crippen molar-refractivity contribution in [1.82, 2.24) is 14.9 Å². The van der Waals surface area contributed by atoms with Crippen molar-refractivity contribution >= 4 is 11.9 Å². The van der Waals surface area contributed by atoms with Crippen LogP contribution < -0.4 is 5.69 Å². The summed E-state index contributed by atoms with van der Waals surface area (Å²) in [5, 5.41) is 9.06. The molecule has 0 bridgehead atoms. The molecule has 2 N–H and O–H groups in total. The summed E-state index contributed by atoms with van der Waals surface area (Å²) < 4.78 is 0. The summed E-state index contributed by atoms with van der Waals surface area (Å²) in [4.78, 5) is 42.6. The Morgan fingerprint density at radius 3 is 2.76 bits per heavy atom. The second-order valence-corrected chi connectivity index (χ2v) is 5.42. The maximum absolute atomic E-state index is 12.3. The summed E-state index contributed by atoms with van der Waals surface area (Å²) in [6.07, 6.45) is 1.44. The molecule has 114 valence electrons. The van der Waals surface area contributed by atoms with E-state index < -0.39 is 17.6 Å². The minimum atomic E-state index is -0.856. The highest BCUT2D eigenvalue weighted by Gasteiger charge is 2.28. The molecule has 0 radical (unpaired) electrons. The van der Waals surface area contributed by atoms with Crippen molar-refractivity contribution in [2.75, 3.05) is 13.1 Å². The number of aromatic amines is 1. The number of aliphatic carboxylic acids is 1. The fraction of sp³-hybridized carbons (Fsp3) is 0.571. The highest BCUT2D eigenvalue weighted by atomic mass is 16.4. The molecule has 1 aromatic rings. The molecule has 7 nitrogen and oxygen atoms in total. The summed E-state index contributed by atoms with van der Waals surface area (Å²) in [5.74, 6) is -1.47. The molecular formula is C14H19N3O4. The molecule has 0 spiro atoms. The number of H-pyrrole nitrogens is 1. The topological polar surface area (TPSA) is 103 Å². The third-order valence-corrected chi connectivity index (χ3v) is 3.90. The minimum Gasteiger partial charge on any atom is -0.481 e. The summed E-state index contributed by atoms with van der Waals surface area (Å²) in [6.45, 7) is 4.26. The van der Waals surface area contributed by atoms with Gasteiger partial charge in [0.1, 0.15) is 0 Å². The van der Waals surface area contributed by atoms with Crippen molar-refractivity contribution in [1.29, 1.82) is 0 Å². The Kier molecular flexibility index (Phi) is 4.40. The molecule has 1 aliphatic rings. The maximum atomic E-state index is 12.3. The Hall–Kier alpha value is -2.18. The van der Waals surface area contributed by atoms with Gasteiger partial charge in [0.25, 0.3) is 0 Å². The quantitative estimate of drug-likeness (QED) is 0.831. The number of carbonyl (C=O) groups excluding carboxylic acids is 1. The number of aromatic nitrogens is 2. The first-order valence-corrected chi connectivity index (χ1v) is 6.95. The van der Waals surface area contributed by atoms with Gasteiger partial charge in [-0.1, -0.05) is 0 Å². The third kappa shape index (κ3) is 3.48. The van der Waals surface area contributed by atoms with Gasteiger partial charge in [-0.15, -0.1) is 0 Å². The number of carbonyl (C=O) groups is 2. The molecule has 1 aliphatic heterocycles. The number of nitrogens with zero attached hydrogens (tertiary/aromatic N) is 2. The van der Waals surface area contributed by atoms with Gasteiger partial charge in [-0.05, 0) is 26.7 Å². The van der Waals surface area contributed by atoms with Gasteiger partial charge >= 0.3 is 11.7 Å². The predicted molar refractivity (Wildman–Crippen MR) is 75.0 cm³/mol. The minimum absolute atomic E-state index is 0.124. The molecule has 21 heavy (non-hydrogen) atoms. The van der Waals surface area contributed by atoms with Gasteiger partial charge in [0.2, 0.25) is 5.91 Å². The fourth-order valence-corrected chi connectivity index (χ4v) is 2.68. The smallest absolute Gasteiger partial charge is 0.345 e. The van der Waals surface area contributed by atoms with Crippen LogP contribution in [0.3, 0.4) is 0 Å². The van der Waals surface area contributed by atoms with Gasteiger partial charge in [0.15, 0.2) is 0 Å². The average Bonchev–Trinajstić information content (AvgIpc) is 2.42. The van der Waals surface area contributed by atoms with Gasteiger partial charge in [0.05, 0.1) is 12.3 Å². The van der Waals surface area contributed by atoms with E-state index >= 15 is 0 Å². The molecule has 7 heteroatoms. The Morgan fingerprint density at radius 1 is 1.43 bits per heavy atom. The number of rotatable bonds is 3. The molecule has 2 rings (SSSR count). The summed E-state index contributed by atoms with van der Waals surface area (Å²) in [6, 6.07) is 0. The number of hydrogen-bond donors (Lipinski definition) is 2. The van der Waals surface area contributed by atoms with Crippen molar-refractivity contribution in [2.24, 2.45) is 5.92 Å². The first-order valence-electron chi connectivity index (χ1n) is 6.95. The normalized spacial score (nSPS) is 18.6. The van der Waals surface area contributed by atoms with Crippen LogP contribution in [0.2, 0.25) is 0 Å². The van der Waals surface area contributed by atoms with Crippen molar-refractivity contribution in [3.05, 3.63) is 27.4 Å². The number of likely N-dealkylation sites (tertiary alicyclic amines) is 1. The summed E-state index contributed by atoms with van der Waals surface area (Å²) in [5.41, 5.74) is 1.45. The molecule has 1 amide bonds. The van der Waals surface area contributed by atoms with E-state index in [-0.39, 0.29) is 18.9 Å². The molecule has 1 fully saturated rings. The second-order valence-electron chi connectivity index (χ2n) is 5.42. The van der Waals surface area contributed by atoms with Crippen molar-refractivity contribution in [2.45, 2.75) is 33.1 Å². The molecule has 1 aromatic heterocycles. The Bertz CT molecular complexity index is 597. The standard InChI is InChI=1S/C14H19N3O4/c1-8-11(9(2)16-14(21)15-8)6-12(18)17-5-3-4-10(7-17)13(19)20/h10H,3-7H2,1-2H3,(H,19,20)(H,15,16,21). The number of carboxylic acid groups (broad SMARTS) is 1. The fourth-order valence-electron chi connectivity index (χ4n) is 2.68. The zero-order valence-corrected chi connectivity index (χ0v) is 12.2. The Labute approximate surface area is 122 Å². The first-order chi connectivity index (χ1) is 9.88. The molecule has 0 saturated carbocycles. The predicted octanol–water partition coefficient (Wildman–Crippen LogP) is 0.252. The van der Waals surface area contributed by atoms with E-state index in [1.54, 1.807) is 18.7 Å². The van der Waals surface area contributed by atoms with E-state index in [1.807, 2.05) is 0 Å². The number of amides is 1. The SMILES string of the molecule is Cc1nc(=O)[nH]c(C)c1CC(=O)N1CCCC(C(=O)O)C1. The number of nitrogens with one attached hydrogen (secondary N) is 1. The van der Waals surface area contributed by atoms with Crippen LogP contribution in [0.4, 0.5) is 0 Å². The van der Waals surface area contributed by atoms with Crippen molar-refractivity contribution < 1.29 is 14.7 Å². The van der Waals surface area contributed by atoms with Crippen LogP contribution in [0.5, 0.6) is 0 Å². The lowest BCUT2D eigenvalue weighted by Crippen LogP contribution is -2.43. The van der Waals surface area contributed by atoms with Crippen LogP contribution in [0, 0.1) is 19.8 Å². The highest BCUT2D eigenvalue weighted by Crippen LogP contribution is 2.18. The van der Waals surface area contributed by atoms with Gasteiger partial charge in [-0.25, -0.2) is 4.79 Å².